The Labute approximate surface area is 207 Å². The topological polar surface area (TPSA) is 97.5 Å². The van der Waals surface area contributed by atoms with Gasteiger partial charge >= 0.3 is 6.03 Å². The van der Waals surface area contributed by atoms with Gasteiger partial charge in [0.25, 0.3) is 0 Å². The summed E-state index contributed by atoms with van der Waals surface area (Å²) in [7, 11) is 2.04. The van der Waals surface area contributed by atoms with Crippen molar-refractivity contribution in [2.24, 2.45) is 7.05 Å². The summed E-state index contributed by atoms with van der Waals surface area (Å²) in [5, 5.41) is 7.75. The number of anilines is 2. The number of nitrogens with one attached hydrogen (secondary N) is 2. The maximum absolute atomic E-state index is 12.2. The fraction of sp³-hybridized carbons (Fsp3) is 0.222. The van der Waals surface area contributed by atoms with E-state index in [-0.39, 0.29) is 6.03 Å². The molecular formula is C27H26N6O3. The molecule has 0 bridgehead atoms. The van der Waals surface area contributed by atoms with Crippen molar-refractivity contribution in [3.05, 3.63) is 72.8 Å². The Kier molecular flexibility index (Phi) is 5.74. The van der Waals surface area contributed by atoms with E-state index in [4.69, 9.17) is 19.1 Å². The highest BCUT2D eigenvalue weighted by Gasteiger charge is 2.20. The predicted molar refractivity (Wildman–Crippen MR) is 139 cm³/mol. The number of aryl methyl sites for hydroxylation is 1. The van der Waals surface area contributed by atoms with Gasteiger partial charge in [-0.1, -0.05) is 0 Å². The Bertz CT molecular complexity index is 1520. The maximum Gasteiger partial charge on any atom is 0.319 e. The molecule has 36 heavy (non-hydrogen) atoms. The standard InChI is InChI=1S/C27H26N6O3/c1-32-11-10-21-23(32)9-8-22-24(21)30-25(31-26(22)33-12-15-35-16-13-33)18-4-6-19(7-5-18)29-27(34)28-17-20-3-2-14-36-20/h2-11,14H,12-13,15-17H2,1H3,(H2,28,29,34). The molecule has 9 nitrogen and oxygen atoms in total. The third-order valence-electron chi connectivity index (χ3n) is 6.42. The molecule has 9 heteroatoms. The summed E-state index contributed by atoms with van der Waals surface area (Å²) < 4.78 is 12.9. The number of carbonyl (C=O) groups is 1. The molecule has 1 saturated heterocycles. The van der Waals surface area contributed by atoms with Crippen LogP contribution >= 0.6 is 0 Å². The van der Waals surface area contributed by atoms with Gasteiger partial charge in [-0.2, -0.15) is 0 Å². The quantitative estimate of drug-likeness (QED) is 0.382. The maximum atomic E-state index is 12.2. The molecule has 182 valence electrons. The number of rotatable bonds is 5. The molecule has 2 N–H and O–H groups in total. The largest absolute Gasteiger partial charge is 0.467 e. The van der Waals surface area contributed by atoms with Crippen LogP contribution in [0.5, 0.6) is 0 Å². The van der Waals surface area contributed by atoms with Gasteiger partial charge in [-0.25, -0.2) is 14.8 Å². The predicted octanol–water partition coefficient (Wildman–Crippen LogP) is 4.54. The Hall–Kier alpha value is -4.37. The lowest BCUT2D eigenvalue weighted by Gasteiger charge is -2.29. The number of aromatic nitrogens is 3. The van der Waals surface area contributed by atoms with Crippen LogP contribution in [0, 0.1) is 0 Å². The summed E-state index contributed by atoms with van der Waals surface area (Å²) >= 11 is 0. The zero-order valence-electron chi connectivity index (χ0n) is 19.9. The van der Waals surface area contributed by atoms with Gasteiger partial charge in [0, 0.05) is 53.9 Å². The normalized spacial score (nSPS) is 13.9. The Morgan fingerprint density at radius 1 is 1.00 bits per heavy atom. The lowest BCUT2D eigenvalue weighted by molar-refractivity contribution is 0.122. The second kappa shape index (κ2) is 9.35. The second-order valence-corrected chi connectivity index (χ2v) is 8.76. The Morgan fingerprint density at radius 2 is 1.83 bits per heavy atom. The lowest BCUT2D eigenvalue weighted by Crippen LogP contribution is -2.37. The highest BCUT2D eigenvalue weighted by Crippen LogP contribution is 2.33. The minimum absolute atomic E-state index is 0.304. The first-order valence-electron chi connectivity index (χ1n) is 11.9. The zero-order valence-corrected chi connectivity index (χ0v) is 19.9. The van der Waals surface area contributed by atoms with E-state index >= 15 is 0 Å². The zero-order chi connectivity index (χ0) is 24.5. The van der Waals surface area contributed by atoms with Crippen molar-refractivity contribution in [1.82, 2.24) is 19.9 Å². The molecule has 0 spiro atoms. The van der Waals surface area contributed by atoms with Crippen molar-refractivity contribution in [2.45, 2.75) is 6.54 Å². The molecule has 0 atom stereocenters. The number of hydrogen-bond donors (Lipinski definition) is 2. The number of morpholine rings is 1. The molecule has 0 unspecified atom stereocenters. The van der Waals surface area contributed by atoms with Gasteiger partial charge in [0.05, 0.1) is 31.5 Å². The molecule has 6 rings (SSSR count). The van der Waals surface area contributed by atoms with Gasteiger partial charge in [0.1, 0.15) is 11.6 Å². The highest BCUT2D eigenvalue weighted by atomic mass is 16.5. The number of nitrogens with zero attached hydrogens (tertiary/aromatic N) is 4. The number of fused-ring (bicyclic) bond motifs is 3. The van der Waals surface area contributed by atoms with Crippen LogP contribution in [0.4, 0.5) is 16.3 Å². The fourth-order valence-electron chi connectivity index (χ4n) is 4.53. The Morgan fingerprint density at radius 3 is 2.61 bits per heavy atom. The monoisotopic (exact) mass is 482 g/mol. The van der Waals surface area contributed by atoms with E-state index in [1.807, 2.05) is 37.4 Å². The van der Waals surface area contributed by atoms with Gasteiger partial charge in [0.2, 0.25) is 0 Å². The molecule has 0 saturated carbocycles. The molecule has 3 aromatic heterocycles. The van der Waals surface area contributed by atoms with Gasteiger partial charge in [-0.05, 0) is 54.6 Å². The van der Waals surface area contributed by atoms with Crippen LogP contribution in [0.2, 0.25) is 0 Å². The first kappa shape index (κ1) is 22.1. The van der Waals surface area contributed by atoms with E-state index in [1.54, 1.807) is 12.3 Å². The molecular weight excluding hydrogens is 456 g/mol. The third kappa shape index (κ3) is 4.25. The van der Waals surface area contributed by atoms with E-state index < -0.39 is 0 Å². The van der Waals surface area contributed by atoms with Gasteiger partial charge < -0.3 is 29.3 Å². The summed E-state index contributed by atoms with van der Waals surface area (Å²) in [6, 6.07) is 17.2. The molecule has 4 heterocycles. The summed E-state index contributed by atoms with van der Waals surface area (Å²) in [5.41, 5.74) is 3.61. The van der Waals surface area contributed by atoms with Crippen molar-refractivity contribution in [2.75, 3.05) is 36.5 Å². The van der Waals surface area contributed by atoms with Gasteiger partial charge in [0.15, 0.2) is 5.82 Å². The first-order valence-corrected chi connectivity index (χ1v) is 11.9. The molecule has 2 amide bonds. The summed E-state index contributed by atoms with van der Waals surface area (Å²) in [5.74, 6) is 2.26. The van der Waals surface area contributed by atoms with Crippen molar-refractivity contribution in [1.29, 1.82) is 0 Å². The smallest absolute Gasteiger partial charge is 0.319 e. The van der Waals surface area contributed by atoms with Crippen LogP contribution in [0.1, 0.15) is 5.76 Å². The van der Waals surface area contributed by atoms with E-state index in [0.29, 0.717) is 37.0 Å². The van der Waals surface area contributed by atoms with Crippen LogP contribution in [-0.4, -0.2) is 46.9 Å². The third-order valence-corrected chi connectivity index (χ3v) is 6.42. The van der Waals surface area contributed by atoms with E-state index in [9.17, 15) is 4.79 Å². The summed E-state index contributed by atoms with van der Waals surface area (Å²) in [6.45, 7) is 3.25. The minimum atomic E-state index is -0.304. The summed E-state index contributed by atoms with van der Waals surface area (Å²) in [6.07, 6.45) is 3.63. The molecule has 5 aromatic rings. The van der Waals surface area contributed by atoms with Crippen LogP contribution in [0.3, 0.4) is 0 Å². The molecule has 1 aliphatic rings. The minimum Gasteiger partial charge on any atom is -0.467 e. The lowest BCUT2D eigenvalue weighted by atomic mass is 10.1. The molecule has 1 fully saturated rings. The van der Waals surface area contributed by atoms with Crippen molar-refractivity contribution in [3.63, 3.8) is 0 Å². The number of amides is 2. The van der Waals surface area contributed by atoms with Crippen LogP contribution in [0.15, 0.2) is 71.5 Å². The van der Waals surface area contributed by atoms with E-state index in [0.717, 1.165) is 46.3 Å². The molecule has 0 radical (unpaired) electrons. The molecule has 0 aliphatic carbocycles. The SMILES string of the molecule is Cn1ccc2c3nc(-c4ccc(NC(=O)NCc5ccco5)cc4)nc(N4CCOCC4)c3ccc21. The number of ether oxygens (including phenoxy) is 1. The van der Waals surface area contributed by atoms with Crippen molar-refractivity contribution >= 4 is 39.3 Å². The average molecular weight is 483 g/mol. The number of benzene rings is 2. The van der Waals surface area contributed by atoms with Crippen LogP contribution < -0.4 is 15.5 Å². The fourth-order valence-corrected chi connectivity index (χ4v) is 4.53. The van der Waals surface area contributed by atoms with Gasteiger partial charge in [-0.15, -0.1) is 0 Å². The number of hydrogen-bond acceptors (Lipinski definition) is 6. The van der Waals surface area contributed by atoms with Crippen molar-refractivity contribution in [3.8, 4) is 11.4 Å². The number of furan rings is 1. The highest BCUT2D eigenvalue weighted by molar-refractivity contribution is 6.08. The van der Waals surface area contributed by atoms with Crippen LogP contribution in [0.25, 0.3) is 33.2 Å². The second-order valence-electron chi connectivity index (χ2n) is 8.76. The Balaban J connectivity index is 1.31. The first-order chi connectivity index (χ1) is 17.7. The molecule has 1 aliphatic heterocycles. The summed E-state index contributed by atoms with van der Waals surface area (Å²) in [4.78, 5) is 24.5. The van der Waals surface area contributed by atoms with Crippen molar-refractivity contribution < 1.29 is 13.9 Å². The van der Waals surface area contributed by atoms with E-state index in [1.165, 1.54) is 0 Å². The average Bonchev–Trinajstić information content (AvgIpc) is 3.58. The number of urea groups is 1. The van der Waals surface area contributed by atoms with Crippen LogP contribution in [-0.2, 0) is 18.3 Å². The number of carbonyl (C=O) groups excluding carboxylic acids is 1. The van der Waals surface area contributed by atoms with E-state index in [2.05, 4.69) is 44.5 Å². The van der Waals surface area contributed by atoms with Gasteiger partial charge in [-0.3, -0.25) is 0 Å². The molecule has 2 aromatic carbocycles.